The average molecular weight is 366 g/mol. The average Bonchev–Trinajstić information content (AvgIpc) is 2.99. The zero-order valence-corrected chi connectivity index (χ0v) is 13.6. The van der Waals surface area contributed by atoms with Gasteiger partial charge in [0.1, 0.15) is 5.15 Å². The molecule has 1 unspecified atom stereocenters. The van der Waals surface area contributed by atoms with E-state index in [4.69, 9.17) is 11.6 Å². The Morgan fingerprint density at radius 1 is 1.33 bits per heavy atom. The fourth-order valence-corrected chi connectivity index (χ4v) is 3.27. The molecule has 108 valence electrons. The minimum atomic E-state index is -0.0554. The Labute approximate surface area is 137 Å². The van der Waals surface area contributed by atoms with E-state index in [9.17, 15) is 4.79 Å². The molecule has 0 saturated carbocycles. The highest BCUT2D eigenvalue weighted by Crippen LogP contribution is 2.34. The van der Waals surface area contributed by atoms with Crippen molar-refractivity contribution in [3.8, 4) is 0 Å². The molecule has 2 aromatic rings. The second-order valence-corrected chi connectivity index (χ2v) is 6.33. The molecule has 1 saturated heterocycles. The highest BCUT2D eigenvalue weighted by Gasteiger charge is 2.31. The van der Waals surface area contributed by atoms with E-state index >= 15 is 0 Å². The Kier molecular flexibility index (Phi) is 4.27. The third-order valence-electron chi connectivity index (χ3n) is 3.73. The van der Waals surface area contributed by atoms with Crippen molar-refractivity contribution in [2.45, 2.75) is 18.9 Å². The molecule has 1 atom stereocenters. The van der Waals surface area contributed by atoms with Crippen molar-refractivity contribution in [2.24, 2.45) is 0 Å². The number of aromatic nitrogens is 1. The molecule has 0 spiro atoms. The van der Waals surface area contributed by atoms with E-state index in [1.807, 2.05) is 23.1 Å². The molecule has 21 heavy (non-hydrogen) atoms. The van der Waals surface area contributed by atoms with Crippen LogP contribution < -0.4 is 0 Å². The maximum Gasteiger partial charge on any atom is 0.257 e. The third-order valence-corrected chi connectivity index (χ3v) is 4.47. The topological polar surface area (TPSA) is 33.2 Å². The van der Waals surface area contributed by atoms with Gasteiger partial charge in [-0.3, -0.25) is 4.79 Å². The molecule has 1 aliphatic heterocycles. The van der Waals surface area contributed by atoms with Crippen LogP contribution in [-0.2, 0) is 0 Å². The standard InChI is InChI=1S/C16H14BrClN2O/c17-12-9-13(15(18)19-10-12)16(21)20-8-4-7-14(20)11-5-2-1-3-6-11/h1-3,5-6,9-10,14H,4,7-8H2. The van der Waals surface area contributed by atoms with Crippen molar-refractivity contribution in [2.75, 3.05) is 6.54 Å². The van der Waals surface area contributed by atoms with Crippen molar-refractivity contribution < 1.29 is 4.79 Å². The van der Waals surface area contributed by atoms with Crippen LogP contribution in [-0.4, -0.2) is 22.3 Å². The third kappa shape index (κ3) is 2.97. The number of benzene rings is 1. The van der Waals surface area contributed by atoms with Gasteiger partial charge in [-0.25, -0.2) is 4.98 Å². The van der Waals surface area contributed by atoms with Crippen LogP contribution in [0.25, 0.3) is 0 Å². The smallest absolute Gasteiger partial charge is 0.257 e. The monoisotopic (exact) mass is 364 g/mol. The van der Waals surface area contributed by atoms with Crippen molar-refractivity contribution in [1.29, 1.82) is 0 Å². The number of rotatable bonds is 2. The Balaban J connectivity index is 1.92. The predicted octanol–water partition coefficient (Wildman–Crippen LogP) is 4.47. The van der Waals surface area contributed by atoms with Gasteiger partial charge < -0.3 is 4.90 Å². The Morgan fingerprint density at radius 3 is 2.86 bits per heavy atom. The largest absolute Gasteiger partial charge is 0.332 e. The maximum atomic E-state index is 12.8. The number of carbonyl (C=O) groups is 1. The van der Waals surface area contributed by atoms with E-state index in [1.165, 1.54) is 5.56 Å². The maximum absolute atomic E-state index is 12.8. The van der Waals surface area contributed by atoms with Gasteiger partial charge in [0.05, 0.1) is 11.6 Å². The van der Waals surface area contributed by atoms with Gasteiger partial charge in [-0.15, -0.1) is 0 Å². The minimum absolute atomic E-state index is 0.0554. The number of hydrogen-bond acceptors (Lipinski definition) is 2. The summed E-state index contributed by atoms with van der Waals surface area (Å²) in [6, 6.07) is 12.0. The zero-order chi connectivity index (χ0) is 14.8. The number of likely N-dealkylation sites (tertiary alicyclic amines) is 1. The SMILES string of the molecule is O=C(c1cc(Br)cnc1Cl)N1CCCC1c1ccccc1. The van der Waals surface area contributed by atoms with Crippen molar-refractivity contribution in [1.82, 2.24) is 9.88 Å². The summed E-state index contributed by atoms with van der Waals surface area (Å²) in [7, 11) is 0. The van der Waals surface area contributed by atoms with Crippen LogP contribution in [0, 0.1) is 0 Å². The Morgan fingerprint density at radius 2 is 2.10 bits per heavy atom. The molecule has 0 radical (unpaired) electrons. The van der Waals surface area contributed by atoms with Crippen molar-refractivity contribution >= 4 is 33.4 Å². The van der Waals surface area contributed by atoms with E-state index < -0.39 is 0 Å². The summed E-state index contributed by atoms with van der Waals surface area (Å²) in [4.78, 5) is 18.7. The lowest BCUT2D eigenvalue weighted by Crippen LogP contribution is -2.30. The van der Waals surface area contributed by atoms with Crippen LogP contribution in [0.2, 0.25) is 5.15 Å². The first kappa shape index (κ1) is 14.5. The molecular formula is C16H14BrClN2O. The van der Waals surface area contributed by atoms with E-state index in [0.717, 1.165) is 23.9 Å². The van der Waals surface area contributed by atoms with Gasteiger partial charge in [0.2, 0.25) is 0 Å². The molecule has 1 aromatic carbocycles. The molecule has 5 heteroatoms. The number of hydrogen-bond donors (Lipinski definition) is 0. The van der Waals surface area contributed by atoms with Crippen molar-refractivity contribution in [3.63, 3.8) is 0 Å². The molecule has 3 rings (SSSR count). The lowest BCUT2D eigenvalue weighted by Gasteiger charge is -2.25. The Hall–Kier alpha value is -1.39. The minimum Gasteiger partial charge on any atom is -0.332 e. The fourth-order valence-electron chi connectivity index (χ4n) is 2.76. The van der Waals surface area contributed by atoms with Crippen molar-refractivity contribution in [3.05, 3.63) is 63.3 Å². The normalized spacial score (nSPS) is 18.0. The number of nitrogens with zero attached hydrogens (tertiary/aromatic N) is 2. The van der Waals surface area contributed by atoms with Gasteiger partial charge in [-0.2, -0.15) is 0 Å². The molecule has 2 heterocycles. The first-order valence-corrected chi connectivity index (χ1v) is 8.01. The molecule has 1 amide bonds. The summed E-state index contributed by atoms with van der Waals surface area (Å²) in [6.07, 6.45) is 3.58. The molecule has 0 aliphatic carbocycles. The summed E-state index contributed by atoms with van der Waals surface area (Å²) in [5, 5.41) is 0.252. The van der Waals surface area contributed by atoms with Gasteiger partial charge in [-0.05, 0) is 40.4 Å². The van der Waals surface area contributed by atoms with Crippen LogP contribution in [0.4, 0.5) is 0 Å². The van der Waals surface area contributed by atoms with E-state index in [2.05, 4.69) is 33.0 Å². The number of pyridine rings is 1. The molecule has 1 fully saturated rings. The highest BCUT2D eigenvalue weighted by molar-refractivity contribution is 9.10. The second kappa shape index (κ2) is 6.16. The van der Waals surface area contributed by atoms with Gasteiger partial charge in [0, 0.05) is 17.2 Å². The second-order valence-electron chi connectivity index (χ2n) is 5.06. The van der Waals surface area contributed by atoms with E-state index in [-0.39, 0.29) is 17.1 Å². The first-order valence-electron chi connectivity index (χ1n) is 6.84. The molecular weight excluding hydrogens is 352 g/mol. The van der Waals surface area contributed by atoms with Crippen LogP contribution in [0.15, 0.2) is 47.1 Å². The van der Waals surface area contributed by atoms with Gasteiger partial charge in [0.25, 0.3) is 5.91 Å². The van der Waals surface area contributed by atoms with E-state index in [0.29, 0.717) is 5.56 Å². The quantitative estimate of drug-likeness (QED) is 0.735. The van der Waals surface area contributed by atoms with Gasteiger partial charge in [0.15, 0.2) is 0 Å². The highest BCUT2D eigenvalue weighted by atomic mass is 79.9. The van der Waals surface area contributed by atoms with Crippen LogP contribution >= 0.6 is 27.5 Å². The molecule has 0 N–H and O–H groups in total. The van der Waals surface area contributed by atoms with Crippen LogP contribution in [0.3, 0.4) is 0 Å². The lowest BCUT2D eigenvalue weighted by molar-refractivity contribution is 0.0735. The zero-order valence-electron chi connectivity index (χ0n) is 11.3. The molecule has 3 nitrogen and oxygen atoms in total. The summed E-state index contributed by atoms with van der Waals surface area (Å²) < 4.78 is 0.755. The Bertz CT molecular complexity index is 663. The van der Waals surface area contributed by atoms with Gasteiger partial charge in [-0.1, -0.05) is 41.9 Å². The lowest BCUT2D eigenvalue weighted by atomic mass is 10.0. The molecule has 1 aliphatic rings. The molecule has 1 aromatic heterocycles. The summed E-state index contributed by atoms with van der Waals surface area (Å²) in [6.45, 7) is 0.751. The fraction of sp³-hybridized carbons (Fsp3) is 0.250. The number of carbonyl (C=O) groups excluding carboxylic acids is 1. The number of amides is 1. The summed E-state index contributed by atoms with van der Waals surface area (Å²) in [5.74, 6) is -0.0554. The number of halogens is 2. The van der Waals surface area contributed by atoms with Crippen LogP contribution in [0.5, 0.6) is 0 Å². The van der Waals surface area contributed by atoms with Gasteiger partial charge >= 0.3 is 0 Å². The first-order chi connectivity index (χ1) is 10.2. The predicted molar refractivity (Wildman–Crippen MR) is 86.4 cm³/mol. The molecule has 0 bridgehead atoms. The van der Waals surface area contributed by atoms with E-state index in [1.54, 1.807) is 12.3 Å². The summed E-state index contributed by atoms with van der Waals surface area (Å²) in [5.41, 5.74) is 1.62. The summed E-state index contributed by atoms with van der Waals surface area (Å²) >= 11 is 9.43. The van der Waals surface area contributed by atoms with Crippen LogP contribution in [0.1, 0.15) is 34.8 Å².